The number of halogens is 4. The van der Waals surface area contributed by atoms with E-state index in [2.05, 4.69) is 5.10 Å². The summed E-state index contributed by atoms with van der Waals surface area (Å²) >= 11 is 0. The Bertz CT molecular complexity index is 960. The molecule has 1 fully saturated rings. The van der Waals surface area contributed by atoms with Crippen molar-refractivity contribution in [3.8, 4) is 11.4 Å². The summed E-state index contributed by atoms with van der Waals surface area (Å²) in [6.07, 6.45) is -5.56. The van der Waals surface area contributed by atoms with E-state index in [4.69, 9.17) is 9.84 Å². The second-order valence-corrected chi connectivity index (χ2v) is 6.25. The van der Waals surface area contributed by atoms with Crippen LogP contribution in [0.5, 0.6) is 5.75 Å². The third kappa shape index (κ3) is 3.53. The lowest BCUT2D eigenvalue weighted by Gasteiger charge is -2.19. The quantitative estimate of drug-likeness (QED) is 0.795. The Morgan fingerprint density at radius 3 is 2.52 bits per heavy atom. The minimum absolute atomic E-state index is 0.0476. The Morgan fingerprint density at radius 2 is 2.00 bits per heavy atom. The molecule has 1 aromatic carbocycles. The minimum Gasteiger partial charge on any atom is -0.480 e. The van der Waals surface area contributed by atoms with Gasteiger partial charge in [0.25, 0.3) is 0 Å². The highest BCUT2D eigenvalue weighted by Gasteiger charge is 2.39. The average molecular weight is 389 g/mol. The Morgan fingerprint density at radius 1 is 1.37 bits per heavy atom. The van der Waals surface area contributed by atoms with Crippen LogP contribution in [0, 0.1) is 12.7 Å². The van der Waals surface area contributed by atoms with Crippen molar-refractivity contribution in [1.29, 1.82) is 0 Å². The second kappa shape index (κ2) is 6.39. The molecule has 0 bridgehead atoms. The fourth-order valence-corrected chi connectivity index (χ4v) is 2.61. The van der Waals surface area contributed by atoms with Crippen LogP contribution < -0.4 is 10.4 Å². The highest BCUT2D eigenvalue weighted by atomic mass is 19.4. The monoisotopic (exact) mass is 389 g/mol. The number of ether oxygens (including phenoxy) is 1. The standard InChI is InChI=1S/C16H15F4N3O4/c1-7(16(18,19)20)27-13-6-12(11(17)5-10(13)14(24)25)23-15(26)22(8(2)21-23)9-3-4-9/h5-7,9H,3-4H2,1-2H3,(H,24,25)/t7-/m0/s1. The van der Waals surface area contributed by atoms with Crippen LogP contribution in [0.1, 0.15) is 42.0 Å². The molecule has 7 nitrogen and oxygen atoms in total. The fourth-order valence-electron chi connectivity index (χ4n) is 2.61. The van der Waals surface area contributed by atoms with Crippen LogP contribution in [0.15, 0.2) is 16.9 Å². The Balaban J connectivity index is 2.12. The molecule has 3 rings (SSSR count). The predicted octanol–water partition coefficient (Wildman–Crippen LogP) is 2.84. The summed E-state index contributed by atoms with van der Waals surface area (Å²) in [5.74, 6) is -3.19. The lowest BCUT2D eigenvalue weighted by Crippen LogP contribution is -2.32. The van der Waals surface area contributed by atoms with Gasteiger partial charge in [-0.25, -0.2) is 14.0 Å². The molecule has 11 heteroatoms. The van der Waals surface area contributed by atoms with Crippen LogP contribution in [0.2, 0.25) is 0 Å². The van der Waals surface area contributed by atoms with E-state index in [1.54, 1.807) is 6.92 Å². The number of aromatic carboxylic acids is 1. The largest absolute Gasteiger partial charge is 0.480 e. The molecule has 2 aromatic rings. The first kappa shape index (κ1) is 18.9. The number of carbonyl (C=O) groups is 1. The molecular weight excluding hydrogens is 374 g/mol. The van der Waals surface area contributed by atoms with E-state index in [0.29, 0.717) is 23.5 Å². The normalized spacial score (nSPS) is 15.6. The summed E-state index contributed by atoms with van der Waals surface area (Å²) in [6.45, 7) is 2.23. The van der Waals surface area contributed by atoms with E-state index in [1.165, 1.54) is 4.57 Å². The number of aromatic nitrogens is 3. The smallest absolute Gasteiger partial charge is 0.425 e. The summed E-state index contributed by atoms with van der Waals surface area (Å²) < 4.78 is 59.5. The summed E-state index contributed by atoms with van der Waals surface area (Å²) in [5.41, 5.74) is -1.94. The van der Waals surface area contributed by atoms with Crippen molar-refractivity contribution >= 4 is 5.97 Å². The maximum absolute atomic E-state index is 14.4. The van der Waals surface area contributed by atoms with E-state index < -0.39 is 46.8 Å². The van der Waals surface area contributed by atoms with Gasteiger partial charge in [-0.1, -0.05) is 0 Å². The van der Waals surface area contributed by atoms with Gasteiger partial charge in [0, 0.05) is 12.1 Å². The molecular formula is C16H15F4N3O4. The van der Waals surface area contributed by atoms with Gasteiger partial charge in [-0.3, -0.25) is 4.57 Å². The van der Waals surface area contributed by atoms with Gasteiger partial charge in [0.05, 0.1) is 0 Å². The lowest BCUT2D eigenvalue weighted by atomic mass is 10.1. The fraction of sp³-hybridized carbons (Fsp3) is 0.438. The summed E-state index contributed by atoms with van der Waals surface area (Å²) in [6, 6.07) is 1.20. The van der Waals surface area contributed by atoms with E-state index >= 15 is 0 Å². The number of hydrogen-bond donors (Lipinski definition) is 1. The third-order valence-corrected chi connectivity index (χ3v) is 4.16. The molecule has 1 saturated carbocycles. The van der Waals surface area contributed by atoms with Crippen LogP contribution in [0.4, 0.5) is 17.6 Å². The summed E-state index contributed by atoms with van der Waals surface area (Å²) in [5, 5.41) is 13.1. The molecule has 1 heterocycles. The zero-order valence-electron chi connectivity index (χ0n) is 14.2. The number of nitrogens with zero attached hydrogens (tertiary/aromatic N) is 3. The molecule has 0 saturated heterocycles. The molecule has 1 aliphatic rings. The number of aryl methyl sites for hydroxylation is 1. The van der Waals surface area contributed by atoms with Gasteiger partial charge in [-0.05, 0) is 32.8 Å². The molecule has 1 atom stereocenters. The predicted molar refractivity (Wildman–Crippen MR) is 83.9 cm³/mol. The van der Waals surface area contributed by atoms with E-state index in [1.807, 2.05) is 0 Å². The van der Waals surface area contributed by atoms with Gasteiger partial charge in [0.15, 0.2) is 6.10 Å². The van der Waals surface area contributed by atoms with E-state index in [9.17, 15) is 27.2 Å². The number of hydrogen-bond acceptors (Lipinski definition) is 4. The number of rotatable bonds is 5. The molecule has 0 radical (unpaired) electrons. The maximum atomic E-state index is 14.4. The molecule has 0 amide bonds. The molecule has 1 N–H and O–H groups in total. The second-order valence-electron chi connectivity index (χ2n) is 6.25. The SMILES string of the molecule is Cc1nn(-c2cc(O[C@@H](C)C(F)(F)F)c(C(=O)O)cc2F)c(=O)n1C1CC1. The van der Waals surface area contributed by atoms with Crippen LogP contribution in [-0.2, 0) is 0 Å². The number of benzene rings is 1. The molecule has 0 spiro atoms. The van der Waals surface area contributed by atoms with E-state index in [-0.39, 0.29) is 6.04 Å². The van der Waals surface area contributed by atoms with Crippen molar-refractivity contribution in [1.82, 2.24) is 14.3 Å². The zero-order chi connectivity index (χ0) is 20.1. The van der Waals surface area contributed by atoms with Crippen LogP contribution >= 0.6 is 0 Å². The van der Waals surface area contributed by atoms with E-state index in [0.717, 1.165) is 18.9 Å². The number of alkyl halides is 3. The highest BCUT2D eigenvalue weighted by Crippen LogP contribution is 2.35. The van der Waals surface area contributed by atoms with Crippen molar-refractivity contribution in [3.05, 3.63) is 39.8 Å². The first-order valence-electron chi connectivity index (χ1n) is 7.99. The topological polar surface area (TPSA) is 86.4 Å². The summed E-state index contributed by atoms with van der Waals surface area (Å²) in [4.78, 5) is 23.8. The first-order valence-corrected chi connectivity index (χ1v) is 7.99. The maximum Gasteiger partial charge on any atom is 0.425 e. The van der Waals surface area contributed by atoms with Crippen LogP contribution in [-0.4, -0.2) is 37.7 Å². The van der Waals surface area contributed by atoms with Gasteiger partial charge >= 0.3 is 17.8 Å². The van der Waals surface area contributed by atoms with Crippen molar-refractivity contribution in [2.75, 3.05) is 0 Å². The number of carboxylic acid groups (broad SMARTS) is 1. The average Bonchev–Trinajstić information content (AvgIpc) is 3.33. The van der Waals surface area contributed by atoms with Gasteiger partial charge in [0.2, 0.25) is 0 Å². The van der Waals surface area contributed by atoms with Gasteiger partial charge in [0.1, 0.15) is 28.6 Å². The van der Waals surface area contributed by atoms with Crippen LogP contribution in [0.25, 0.3) is 5.69 Å². The molecule has 27 heavy (non-hydrogen) atoms. The molecule has 1 aromatic heterocycles. The number of carboxylic acids is 1. The van der Waals surface area contributed by atoms with Crippen LogP contribution in [0.3, 0.4) is 0 Å². The molecule has 1 aliphatic carbocycles. The van der Waals surface area contributed by atoms with Gasteiger partial charge in [-0.15, -0.1) is 0 Å². The Hall–Kier alpha value is -2.85. The highest BCUT2D eigenvalue weighted by molar-refractivity contribution is 5.91. The first-order chi connectivity index (χ1) is 12.5. The van der Waals surface area contributed by atoms with Crippen molar-refractivity contribution in [2.45, 2.75) is 45.0 Å². The van der Waals surface area contributed by atoms with Crippen molar-refractivity contribution in [2.24, 2.45) is 0 Å². The zero-order valence-corrected chi connectivity index (χ0v) is 14.2. The van der Waals surface area contributed by atoms with Crippen molar-refractivity contribution < 1.29 is 32.2 Å². The third-order valence-electron chi connectivity index (χ3n) is 4.16. The molecule has 146 valence electrons. The minimum atomic E-state index is -4.76. The Kier molecular flexibility index (Phi) is 4.48. The Labute approximate surface area is 149 Å². The molecule has 0 aliphatic heterocycles. The summed E-state index contributed by atoms with van der Waals surface area (Å²) in [7, 11) is 0. The lowest BCUT2D eigenvalue weighted by molar-refractivity contribution is -0.189. The van der Waals surface area contributed by atoms with Gasteiger partial charge in [-0.2, -0.15) is 23.0 Å². The van der Waals surface area contributed by atoms with Crippen molar-refractivity contribution in [3.63, 3.8) is 0 Å². The van der Waals surface area contributed by atoms with Gasteiger partial charge < -0.3 is 9.84 Å². The molecule has 0 unspecified atom stereocenters.